The Morgan fingerprint density at radius 1 is 1.00 bits per heavy atom. The highest BCUT2D eigenvalue weighted by Gasteiger charge is 2.30. The van der Waals surface area contributed by atoms with Crippen molar-refractivity contribution in [3.05, 3.63) is 53.6 Å². The molecule has 6 heteroatoms. The van der Waals surface area contributed by atoms with E-state index in [2.05, 4.69) is 16.3 Å². The van der Waals surface area contributed by atoms with Crippen LogP contribution in [0.2, 0.25) is 0 Å². The summed E-state index contributed by atoms with van der Waals surface area (Å²) in [6.45, 7) is 5.48. The number of rotatable bonds is 3. The minimum absolute atomic E-state index is 0.597. The molecule has 1 N–H and O–H groups in total. The van der Waals surface area contributed by atoms with Crippen LogP contribution in [0.15, 0.2) is 52.3 Å². The lowest BCUT2D eigenvalue weighted by molar-refractivity contribution is -0.137. The average molecular weight is 352 g/mol. The predicted molar refractivity (Wildman–Crippen MR) is 91.8 cm³/mol. The molecule has 2 aromatic carbocycles. The smallest absolute Gasteiger partial charge is 0.368 e. The zero-order valence-electron chi connectivity index (χ0n) is 13.4. The number of aryl methyl sites for hydroxylation is 1. The van der Waals surface area contributed by atoms with Gasteiger partial charge in [-0.2, -0.15) is 13.2 Å². The van der Waals surface area contributed by atoms with Crippen LogP contribution in [-0.4, -0.2) is 26.2 Å². The fraction of sp³-hybridized carbons (Fsp3) is 0.333. The largest absolute Gasteiger partial charge is 0.416 e. The first-order valence-corrected chi connectivity index (χ1v) is 8.67. The maximum atomic E-state index is 12.8. The maximum absolute atomic E-state index is 12.8. The Bertz CT molecular complexity index is 710. The van der Waals surface area contributed by atoms with E-state index in [0.717, 1.165) is 47.7 Å². The van der Waals surface area contributed by atoms with Crippen LogP contribution in [0, 0.1) is 6.92 Å². The molecule has 3 rings (SSSR count). The van der Waals surface area contributed by atoms with Gasteiger partial charge in [0, 0.05) is 36.0 Å². The summed E-state index contributed by atoms with van der Waals surface area (Å²) in [5.41, 5.74) is 1.19. The van der Waals surface area contributed by atoms with Gasteiger partial charge in [-0.25, -0.2) is 0 Å². The van der Waals surface area contributed by atoms with Gasteiger partial charge >= 0.3 is 6.18 Å². The summed E-state index contributed by atoms with van der Waals surface area (Å²) < 4.78 is 38.4. The number of alkyl halides is 3. The first kappa shape index (κ1) is 17.2. The van der Waals surface area contributed by atoms with Crippen molar-refractivity contribution >= 4 is 17.4 Å². The Kier molecular flexibility index (Phi) is 5.06. The van der Waals surface area contributed by atoms with Gasteiger partial charge in [0.05, 0.1) is 11.3 Å². The van der Waals surface area contributed by atoms with Crippen molar-refractivity contribution < 1.29 is 13.2 Å². The van der Waals surface area contributed by atoms with E-state index in [1.807, 2.05) is 18.2 Å². The molecule has 0 atom stereocenters. The summed E-state index contributed by atoms with van der Waals surface area (Å²) in [5, 5.41) is 3.33. The number of benzene rings is 2. The van der Waals surface area contributed by atoms with Crippen molar-refractivity contribution in [2.75, 3.05) is 31.1 Å². The van der Waals surface area contributed by atoms with Gasteiger partial charge in [0.1, 0.15) is 0 Å². The van der Waals surface area contributed by atoms with E-state index in [9.17, 15) is 13.2 Å². The predicted octanol–water partition coefficient (Wildman–Crippen LogP) is 4.57. The highest BCUT2D eigenvalue weighted by atomic mass is 32.2. The van der Waals surface area contributed by atoms with Crippen LogP contribution in [0.4, 0.5) is 18.9 Å². The topological polar surface area (TPSA) is 15.3 Å². The third kappa shape index (κ3) is 3.87. The lowest BCUT2D eigenvalue weighted by atomic mass is 10.1. The summed E-state index contributed by atoms with van der Waals surface area (Å²) in [4.78, 5) is 4.24. The SMILES string of the molecule is Cc1cc(C(F)(F)F)ccc1Sc1ccccc1N1CCNCC1. The molecule has 0 amide bonds. The monoisotopic (exact) mass is 352 g/mol. The van der Waals surface area contributed by atoms with Crippen LogP contribution in [0.5, 0.6) is 0 Å². The Balaban J connectivity index is 1.86. The summed E-state index contributed by atoms with van der Waals surface area (Å²) in [6, 6.07) is 12.0. The number of nitrogens with zero attached hydrogens (tertiary/aromatic N) is 1. The first-order valence-electron chi connectivity index (χ1n) is 7.85. The Morgan fingerprint density at radius 2 is 1.71 bits per heavy atom. The van der Waals surface area contributed by atoms with E-state index in [1.165, 1.54) is 17.8 Å². The average Bonchev–Trinajstić information content (AvgIpc) is 2.57. The molecular formula is C18H19F3N2S. The van der Waals surface area contributed by atoms with Gasteiger partial charge in [-0.15, -0.1) is 0 Å². The molecule has 0 radical (unpaired) electrons. The van der Waals surface area contributed by atoms with Crippen LogP contribution in [0.25, 0.3) is 0 Å². The van der Waals surface area contributed by atoms with Gasteiger partial charge in [0.25, 0.3) is 0 Å². The minimum atomic E-state index is -4.30. The Hall–Kier alpha value is -1.66. The van der Waals surface area contributed by atoms with E-state index in [0.29, 0.717) is 5.56 Å². The molecule has 2 nitrogen and oxygen atoms in total. The zero-order chi connectivity index (χ0) is 17.2. The molecule has 2 aromatic rings. The minimum Gasteiger partial charge on any atom is -0.368 e. The number of para-hydroxylation sites is 1. The lowest BCUT2D eigenvalue weighted by Crippen LogP contribution is -2.43. The number of nitrogens with one attached hydrogen (secondary N) is 1. The van der Waals surface area contributed by atoms with Crippen molar-refractivity contribution in [2.45, 2.75) is 22.9 Å². The number of anilines is 1. The second-order valence-electron chi connectivity index (χ2n) is 5.78. The van der Waals surface area contributed by atoms with Crippen LogP contribution in [0.1, 0.15) is 11.1 Å². The van der Waals surface area contributed by atoms with E-state index in [4.69, 9.17) is 0 Å². The van der Waals surface area contributed by atoms with Gasteiger partial charge in [0.15, 0.2) is 0 Å². The summed E-state index contributed by atoms with van der Waals surface area (Å²) in [6.07, 6.45) is -4.30. The van der Waals surface area contributed by atoms with E-state index < -0.39 is 11.7 Å². The Morgan fingerprint density at radius 3 is 2.38 bits per heavy atom. The zero-order valence-corrected chi connectivity index (χ0v) is 14.2. The van der Waals surface area contributed by atoms with Gasteiger partial charge in [-0.05, 0) is 42.8 Å². The third-order valence-electron chi connectivity index (χ3n) is 4.05. The molecule has 1 aliphatic heterocycles. The molecule has 1 fully saturated rings. The third-order valence-corrected chi connectivity index (χ3v) is 5.29. The number of piperazine rings is 1. The van der Waals surface area contributed by atoms with Crippen LogP contribution in [-0.2, 0) is 6.18 Å². The molecule has 128 valence electrons. The molecule has 24 heavy (non-hydrogen) atoms. The first-order chi connectivity index (χ1) is 11.4. The van der Waals surface area contributed by atoms with Gasteiger partial charge in [-0.3, -0.25) is 0 Å². The number of halogens is 3. The van der Waals surface area contributed by atoms with E-state index in [-0.39, 0.29) is 0 Å². The summed E-state index contributed by atoms with van der Waals surface area (Å²) >= 11 is 1.52. The van der Waals surface area contributed by atoms with Crippen molar-refractivity contribution in [3.8, 4) is 0 Å². The molecule has 1 saturated heterocycles. The molecule has 1 aliphatic rings. The van der Waals surface area contributed by atoms with Crippen LogP contribution < -0.4 is 10.2 Å². The molecule has 0 spiro atoms. The number of hydrogen-bond acceptors (Lipinski definition) is 3. The number of hydrogen-bond donors (Lipinski definition) is 1. The summed E-state index contributed by atoms with van der Waals surface area (Å²) in [5.74, 6) is 0. The summed E-state index contributed by atoms with van der Waals surface area (Å²) in [7, 11) is 0. The van der Waals surface area contributed by atoms with Gasteiger partial charge in [0.2, 0.25) is 0 Å². The molecule has 0 aromatic heterocycles. The maximum Gasteiger partial charge on any atom is 0.416 e. The fourth-order valence-electron chi connectivity index (χ4n) is 2.77. The molecule has 0 aliphatic carbocycles. The Labute approximate surface area is 144 Å². The highest BCUT2D eigenvalue weighted by Crippen LogP contribution is 2.39. The van der Waals surface area contributed by atoms with Crippen molar-refractivity contribution in [1.82, 2.24) is 5.32 Å². The van der Waals surface area contributed by atoms with Gasteiger partial charge < -0.3 is 10.2 Å². The van der Waals surface area contributed by atoms with Crippen molar-refractivity contribution in [2.24, 2.45) is 0 Å². The van der Waals surface area contributed by atoms with E-state index >= 15 is 0 Å². The standard InChI is InChI=1S/C18H19F3N2S/c1-13-12-14(18(19,20)21)6-7-16(13)24-17-5-3-2-4-15(17)23-10-8-22-9-11-23/h2-7,12,22H,8-11H2,1H3. The lowest BCUT2D eigenvalue weighted by Gasteiger charge is -2.31. The highest BCUT2D eigenvalue weighted by molar-refractivity contribution is 7.99. The fourth-order valence-corrected chi connectivity index (χ4v) is 3.81. The molecule has 0 unspecified atom stereocenters. The van der Waals surface area contributed by atoms with Crippen LogP contribution in [0.3, 0.4) is 0 Å². The second kappa shape index (κ2) is 7.07. The molecule has 0 bridgehead atoms. The van der Waals surface area contributed by atoms with E-state index in [1.54, 1.807) is 13.0 Å². The second-order valence-corrected chi connectivity index (χ2v) is 6.87. The van der Waals surface area contributed by atoms with Crippen LogP contribution >= 0.6 is 11.8 Å². The normalized spacial score (nSPS) is 15.6. The molecule has 0 saturated carbocycles. The molecular weight excluding hydrogens is 333 g/mol. The van der Waals surface area contributed by atoms with Crippen molar-refractivity contribution in [1.29, 1.82) is 0 Å². The van der Waals surface area contributed by atoms with Crippen molar-refractivity contribution in [3.63, 3.8) is 0 Å². The van der Waals surface area contributed by atoms with Gasteiger partial charge in [-0.1, -0.05) is 23.9 Å². The molecule has 1 heterocycles. The quantitative estimate of drug-likeness (QED) is 0.871.